The lowest BCUT2D eigenvalue weighted by Crippen LogP contribution is -2.43. The molecular weight excluding hydrogens is 255 g/mol. The minimum atomic E-state index is -0.285. The molecule has 1 aromatic carbocycles. The molecule has 0 bridgehead atoms. The van der Waals surface area contributed by atoms with Crippen molar-refractivity contribution in [3.63, 3.8) is 0 Å². The van der Waals surface area contributed by atoms with E-state index in [1.165, 1.54) is 12.1 Å². The molecule has 1 fully saturated rings. The summed E-state index contributed by atoms with van der Waals surface area (Å²) in [6.45, 7) is 0. The number of hydrogen-bond acceptors (Lipinski definition) is 2. The van der Waals surface area contributed by atoms with E-state index >= 15 is 0 Å². The van der Waals surface area contributed by atoms with E-state index in [4.69, 9.17) is 0 Å². The summed E-state index contributed by atoms with van der Waals surface area (Å²) >= 11 is 0. The first-order valence-electron chi connectivity index (χ1n) is 7.27. The molecule has 1 amide bonds. The van der Waals surface area contributed by atoms with Gasteiger partial charge in [0, 0.05) is 19.1 Å². The minimum absolute atomic E-state index is 0.0727. The number of carbonyl (C=O) groups is 1. The quantitative estimate of drug-likeness (QED) is 0.917. The van der Waals surface area contributed by atoms with E-state index in [1.54, 1.807) is 12.1 Å². The number of benzene rings is 1. The maximum atomic E-state index is 13.1. The second kappa shape index (κ2) is 6.84. The molecule has 20 heavy (non-hydrogen) atoms. The van der Waals surface area contributed by atoms with Crippen molar-refractivity contribution in [2.45, 2.75) is 44.2 Å². The molecule has 1 aliphatic rings. The van der Waals surface area contributed by atoms with Gasteiger partial charge in [0.25, 0.3) is 0 Å². The predicted octanol–water partition coefficient (Wildman–Crippen LogP) is 2.36. The highest BCUT2D eigenvalue weighted by atomic mass is 19.1. The van der Waals surface area contributed by atoms with E-state index in [1.807, 2.05) is 19.0 Å². The minimum Gasteiger partial charge on any atom is -0.342 e. The summed E-state index contributed by atoms with van der Waals surface area (Å²) in [6, 6.07) is 7.18. The van der Waals surface area contributed by atoms with Crippen LogP contribution in [0.3, 0.4) is 0 Å². The van der Waals surface area contributed by atoms with Crippen LogP contribution in [-0.2, 0) is 11.2 Å². The highest BCUT2D eigenvalue weighted by Gasteiger charge is 2.25. The molecule has 0 aliphatic heterocycles. The van der Waals surface area contributed by atoms with Crippen LogP contribution in [0.25, 0.3) is 0 Å². The van der Waals surface area contributed by atoms with Crippen molar-refractivity contribution < 1.29 is 9.18 Å². The fraction of sp³-hybridized carbons (Fsp3) is 0.562. The smallest absolute Gasteiger partial charge is 0.226 e. The average molecular weight is 278 g/mol. The first-order valence-corrected chi connectivity index (χ1v) is 7.27. The molecule has 110 valence electrons. The van der Waals surface area contributed by atoms with Crippen LogP contribution in [0.4, 0.5) is 4.39 Å². The highest BCUT2D eigenvalue weighted by molar-refractivity contribution is 5.78. The zero-order chi connectivity index (χ0) is 14.5. The molecule has 2 rings (SSSR count). The summed E-state index contributed by atoms with van der Waals surface area (Å²) in [6.07, 6.45) is 4.57. The zero-order valence-corrected chi connectivity index (χ0v) is 12.2. The number of hydrogen-bond donors (Lipinski definition) is 1. The largest absolute Gasteiger partial charge is 0.342 e. The van der Waals surface area contributed by atoms with E-state index in [-0.39, 0.29) is 18.1 Å². The lowest BCUT2D eigenvalue weighted by atomic mass is 9.90. The Balaban J connectivity index is 1.89. The van der Waals surface area contributed by atoms with Crippen LogP contribution in [0.15, 0.2) is 24.3 Å². The highest BCUT2D eigenvalue weighted by Crippen LogP contribution is 2.22. The maximum absolute atomic E-state index is 13.1. The Morgan fingerprint density at radius 1 is 1.35 bits per heavy atom. The van der Waals surface area contributed by atoms with Crippen LogP contribution in [0.1, 0.15) is 31.2 Å². The Hall–Kier alpha value is -1.42. The third-order valence-electron chi connectivity index (χ3n) is 4.29. The van der Waals surface area contributed by atoms with Gasteiger partial charge in [-0.05, 0) is 50.4 Å². The van der Waals surface area contributed by atoms with Gasteiger partial charge in [-0.15, -0.1) is 0 Å². The molecular formula is C16H23FN2O. The molecule has 1 saturated carbocycles. The average Bonchev–Trinajstić information content (AvgIpc) is 2.46. The van der Waals surface area contributed by atoms with Crippen LogP contribution in [-0.4, -0.2) is 37.0 Å². The predicted molar refractivity (Wildman–Crippen MR) is 78.0 cm³/mol. The van der Waals surface area contributed by atoms with Gasteiger partial charge in [0.15, 0.2) is 0 Å². The van der Waals surface area contributed by atoms with E-state index in [0.29, 0.717) is 12.1 Å². The van der Waals surface area contributed by atoms with Crippen molar-refractivity contribution in [3.8, 4) is 0 Å². The summed E-state index contributed by atoms with van der Waals surface area (Å²) in [7, 11) is 3.86. The van der Waals surface area contributed by atoms with Gasteiger partial charge in [0.2, 0.25) is 5.91 Å². The summed E-state index contributed by atoms with van der Waals surface area (Å²) in [4.78, 5) is 14.1. The molecule has 1 aliphatic carbocycles. The van der Waals surface area contributed by atoms with Crippen molar-refractivity contribution in [1.82, 2.24) is 10.2 Å². The Labute approximate surface area is 120 Å². The SMILES string of the molecule is CNC1CCC(N(C)C(=O)Cc2cccc(F)c2)CC1. The van der Waals surface area contributed by atoms with Gasteiger partial charge in [0.05, 0.1) is 6.42 Å². The second-order valence-electron chi connectivity index (χ2n) is 5.61. The molecule has 0 atom stereocenters. The summed E-state index contributed by atoms with van der Waals surface area (Å²) in [5.74, 6) is -0.212. The Kier molecular flexibility index (Phi) is 5.12. The Bertz CT molecular complexity index is 456. The molecule has 3 nitrogen and oxygen atoms in total. The van der Waals surface area contributed by atoms with Gasteiger partial charge < -0.3 is 10.2 Å². The third-order valence-corrected chi connectivity index (χ3v) is 4.29. The lowest BCUT2D eigenvalue weighted by molar-refractivity contribution is -0.131. The van der Waals surface area contributed by atoms with Crippen molar-refractivity contribution in [3.05, 3.63) is 35.6 Å². The van der Waals surface area contributed by atoms with Crippen LogP contribution >= 0.6 is 0 Å². The van der Waals surface area contributed by atoms with Gasteiger partial charge in [-0.1, -0.05) is 12.1 Å². The van der Waals surface area contributed by atoms with Crippen LogP contribution < -0.4 is 5.32 Å². The first kappa shape index (κ1) is 15.0. The summed E-state index contributed by atoms with van der Waals surface area (Å²) in [5.41, 5.74) is 0.741. The second-order valence-corrected chi connectivity index (χ2v) is 5.61. The van der Waals surface area contributed by atoms with Gasteiger partial charge in [-0.25, -0.2) is 4.39 Å². The number of likely N-dealkylation sites (N-methyl/N-ethyl adjacent to an activating group) is 1. The number of amides is 1. The molecule has 0 heterocycles. The lowest BCUT2D eigenvalue weighted by Gasteiger charge is -2.34. The molecule has 0 radical (unpaired) electrons. The first-order chi connectivity index (χ1) is 9.60. The van der Waals surface area contributed by atoms with Gasteiger partial charge in [-0.2, -0.15) is 0 Å². The standard InChI is InChI=1S/C16H23FN2O/c1-18-14-6-8-15(9-7-14)19(2)16(20)11-12-4-3-5-13(17)10-12/h3-5,10,14-15,18H,6-9,11H2,1-2H3. The topological polar surface area (TPSA) is 32.3 Å². The van der Waals surface area contributed by atoms with Crippen LogP contribution in [0.5, 0.6) is 0 Å². The third kappa shape index (κ3) is 3.79. The van der Waals surface area contributed by atoms with E-state index < -0.39 is 0 Å². The number of nitrogens with zero attached hydrogens (tertiary/aromatic N) is 1. The molecule has 4 heteroatoms. The normalized spacial score (nSPS) is 22.6. The molecule has 0 aromatic heterocycles. The van der Waals surface area contributed by atoms with Crippen molar-refractivity contribution in [2.24, 2.45) is 0 Å². The van der Waals surface area contributed by atoms with E-state index in [0.717, 1.165) is 31.2 Å². The summed E-state index contributed by atoms with van der Waals surface area (Å²) < 4.78 is 13.1. The van der Waals surface area contributed by atoms with Crippen molar-refractivity contribution in [1.29, 1.82) is 0 Å². The molecule has 0 saturated heterocycles. The molecule has 1 aromatic rings. The number of halogens is 1. The Morgan fingerprint density at radius 3 is 2.65 bits per heavy atom. The van der Waals surface area contributed by atoms with E-state index in [2.05, 4.69) is 5.32 Å². The maximum Gasteiger partial charge on any atom is 0.226 e. The fourth-order valence-corrected chi connectivity index (χ4v) is 2.90. The van der Waals surface area contributed by atoms with Gasteiger partial charge in [-0.3, -0.25) is 4.79 Å². The van der Waals surface area contributed by atoms with Crippen LogP contribution in [0.2, 0.25) is 0 Å². The van der Waals surface area contributed by atoms with Crippen molar-refractivity contribution in [2.75, 3.05) is 14.1 Å². The fourth-order valence-electron chi connectivity index (χ4n) is 2.90. The summed E-state index contributed by atoms with van der Waals surface area (Å²) in [5, 5.41) is 3.29. The Morgan fingerprint density at radius 2 is 2.05 bits per heavy atom. The molecule has 0 unspecified atom stereocenters. The van der Waals surface area contributed by atoms with Crippen molar-refractivity contribution >= 4 is 5.91 Å². The molecule has 1 N–H and O–H groups in total. The van der Waals surface area contributed by atoms with Gasteiger partial charge in [0.1, 0.15) is 5.82 Å². The van der Waals surface area contributed by atoms with Gasteiger partial charge >= 0.3 is 0 Å². The number of carbonyl (C=O) groups excluding carboxylic acids is 1. The zero-order valence-electron chi connectivity index (χ0n) is 12.2. The van der Waals surface area contributed by atoms with E-state index in [9.17, 15) is 9.18 Å². The number of rotatable bonds is 4. The number of nitrogens with one attached hydrogen (secondary N) is 1. The monoisotopic (exact) mass is 278 g/mol. The van der Waals surface area contributed by atoms with Crippen LogP contribution in [0, 0.1) is 5.82 Å². The molecule has 0 spiro atoms.